The van der Waals surface area contributed by atoms with Gasteiger partial charge in [0.05, 0.1) is 13.2 Å². The molecule has 3 atom stereocenters. The molecule has 0 aliphatic heterocycles. The van der Waals surface area contributed by atoms with Crippen LogP contribution >= 0.6 is 7.82 Å². The van der Waals surface area contributed by atoms with Crippen molar-refractivity contribution in [2.45, 2.75) is 206 Å². The summed E-state index contributed by atoms with van der Waals surface area (Å²) in [7, 11) is -4.78. The van der Waals surface area contributed by atoms with Crippen molar-refractivity contribution in [1.82, 2.24) is 5.32 Å². The molecule has 0 saturated carbocycles. The van der Waals surface area contributed by atoms with E-state index in [1.165, 1.54) is 51.4 Å². The van der Waals surface area contributed by atoms with Crippen LogP contribution in [0.1, 0.15) is 194 Å². The molecule has 64 heavy (non-hydrogen) atoms. The minimum Gasteiger partial charge on any atom is -0.480 e. The van der Waals surface area contributed by atoms with E-state index >= 15 is 0 Å². The minimum absolute atomic E-state index is 0.125. The second kappa shape index (κ2) is 46.2. The number of nitrogens with one attached hydrogen (secondary N) is 1. The van der Waals surface area contributed by atoms with E-state index in [2.05, 4.69) is 104 Å². The van der Waals surface area contributed by atoms with E-state index in [-0.39, 0.29) is 12.8 Å². The Hall–Kier alpha value is -3.34. The van der Waals surface area contributed by atoms with Crippen LogP contribution in [-0.2, 0) is 32.7 Å². The summed E-state index contributed by atoms with van der Waals surface area (Å²) in [6.07, 6.45) is 57.3. The van der Waals surface area contributed by atoms with Crippen LogP contribution in [0.3, 0.4) is 0 Å². The summed E-state index contributed by atoms with van der Waals surface area (Å²) in [6.45, 7) is 2.51. The van der Waals surface area contributed by atoms with Crippen molar-refractivity contribution in [2.75, 3.05) is 19.8 Å². The summed E-state index contributed by atoms with van der Waals surface area (Å²) in [4.78, 5) is 46.1. The fourth-order valence-electron chi connectivity index (χ4n) is 6.30. The Morgan fingerprint density at radius 1 is 0.500 bits per heavy atom. The standard InChI is InChI=1S/C52H88NO10P/c1-3-5-7-9-11-13-15-17-19-21-23-24-26-28-30-32-34-36-38-40-42-44-51(56)61-45-48(54)46-62-64(59,60)63-47-49(52(57)58)53-50(55)43-41-39-37-35-33-31-29-27-25-22-20-18-16-14-12-10-8-6-4-2/h11-14,17-20,23-25,27-28,30,48-49,54H,3-10,15-16,21-22,26,29,31-47H2,1-2H3,(H,53,55)(H,57,58)(H,59,60)/b13-11-,14-12-,19-17-,20-18-,24-23-,27-25-,30-28-. The molecular weight excluding hydrogens is 830 g/mol. The van der Waals surface area contributed by atoms with Gasteiger partial charge >= 0.3 is 19.8 Å². The van der Waals surface area contributed by atoms with Crippen LogP contribution in [0.4, 0.5) is 0 Å². The van der Waals surface area contributed by atoms with Crippen molar-refractivity contribution in [3.63, 3.8) is 0 Å². The number of aliphatic hydroxyl groups excluding tert-OH is 1. The number of rotatable bonds is 45. The van der Waals surface area contributed by atoms with Crippen molar-refractivity contribution < 1.29 is 47.8 Å². The highest BCUT2D eigenvalue weighted by atomic mass is 31.2. The van der Waals surface area contributed by atoms with E-state index in [0.717, 1.165) is 103 Å². The summed E-state index contributed by atoms with van der Waals surface area (Å²) in [5.41, 5.74) is 0. The number of phosphoric ester groups is 1. The highest BCUT2D eigenvalue weighted by Gasteiger charge is 2.28. The highest BCUT2D eigenvalue weighted by molar-refractivity contribution is 7.47. The summed E-state index contributed by atoms with van der Waals surface area (Å²) in [6, 6.07) is -1.56. The molecule has 1 amide bonds. The number of esters is 1. The van der Waals surface area contributed by atoms with Crippen LogP contribution in [0.25, 0.3) is 0 Å². The van der Waals surface area contributed by atoms with Crippen LogP contribution in [0.5, 0.6) is 0 Å². The number of phosphoric acid groups is 1. The van der Waals surface area contributed by atoms with Crippen molar-refractivity contribution >= 4 is 25.7 Å². The first-order chi connectivity index (χ1) is 31.1. The van der Waals surface area contributed by atoms with Crippen LogP contribution in [0, 0.1) is 0 Å². The molecule has 0 saturated heterocycles. The molecule has 366 valence electrons. The van der Waals surface area contributed by atoms with E-state index in [4.69, 9.17) is 13.8 Å². The Kier molecular flexibility index (Phi) is 43.8. The Labute approximate surface area is 388 Å². The lowest BCUT2D eigenvalue weighted by Gasteiger charge is -2.18. The van der Waals surface area contributed by atoms with Gasteiger partial charge in [0.15, 0.2) is 6.04 Å². The molecule has 0 aliphatic carbocycles. The molecule has 0 aromatic carbocycles. The lowest BCUT2D eigenvalue weighted by Crippen LogP contribution is -2.43. The smallest absolute Gasteiger partial charge is 0.472 e. The van der Waals surface area contributed by atoms with Crippen LogP contribution in [0.2, 0.25) is 0 Å². The van der Waals surface area contributed by atoms with Crippen molar-refractivity contribution in [1.29, 1.82) is 0 Å². The largest absolute Gasteiger partial charge is 0.480 e. The molecule has 0 heterocycles. The third kappa shape index (κ3) is 45.2. The molecule has 0 spiro atoms. The Morgan fingerprint density at radius 3 is 1.28 bits per heavy atom. The van der Waals surface area contributed by atoms with Crippen LogP contribution in [-0.4, -0.2) is 64.9 Å². The molecule has 0 aromatic rings. The second-order valence-corrected chi connectivity index (χ2v) is 17.7. The maximum atomic E-state index is 12.3. The third-order valence-electron chi connectivity index (χ3n) is 10.2. The van der Waals surface area contributed by atoms with E-state index in [1.807, 2.05) is 0 Å². The number of carbonyl (C=O) groups is 3. The number of unbranched alkanes of at least 4 members (excludes halogenated alkanes) is 17. The number of allylic oxidation sites excluding steroid dienone is 14. The molecule has 0 radical (unpaired) electrons. The maximum absolute atomic E-state index is 12.3. The average Bonchev–Trinajstić information content (AvgIpc) is 3.27. The zero-order valence-electron chi connectivity index (χ0n) is 39.8. The van der Waals surface area contributed by atoms with Gasteiger partial charge < -0.3 is 25.2 Å². The normalized spacial score (nSPS) is 14.3. The molecule has 3 unspecified atom stereocenters. The molecule has 0 aromatic heterocycles. The topological polar surface area (TPSA) is 169 Å². The number of hydrogen-bond acceptors (Lipinski definition) is 8. The molecule has 11 nitrogen and oxygen atoms in total. The third-order valence-corrected chi connectivity index (χ3v) is 11.1. The van der Waals surface area contributed by atoms with Gasteiger partial charge in [0.1, 0.15) is 12.7 Å². The molecule has 0 rings (SSSR count). The number of amides is 1. The van der Waals surface area contributed by atoms with Gasteiger partial charge in [-0.05, 0) is 96.3 Å². The lowest BCUT2D eigenvalue weighted by molar-refractivity contribution is -0.147. The maximum Gasteiger partial charge on any atom is 0.472 e. The summed E-state index contributed by atoms with van der Waals surface area (Å²) in [5, 5.41) is 21.9. The molecule has 0 bridgehead atoms. The number of carboxylic acids is 1. The van der Waals surface area contributed by atoms with Gasteiger partial charge in [-0.15, -0.1) is 0 Å². The van der Waals surface area contributed by atoms with Crippen molar-refractivity contribution in [3.8, 4) is 0 Å². The quantitative estimate of drug-likeness (QED) is 0.0200. The van der Waals surface area contributed by atoms with Gasteiger partial charge in [-0.1, -0.05) is 170 Å². The highest BCUT2D eigenvalue weighted by Crippen LogP contribution is 2.43. The zero-order valence-corrected chi connectivity index (χ0v) is 40.7. The van der Waals surface area contributed by atoms with E-state index in [1.54, 1.807) is 0 Å². The minimum atomic E-state index is -4.78. The fourth-order valence-corrected chi connectivity index (χ4v) is 7.08. The number of carboxylic acid groups (broad SMARTS) is 1. The average molecular weight is 918 g/mol. The van der Waals surface area contributed by atoms with Gasteiger partial charge in [0, 0.05) is 12.8 Å². The number of hydrogen-bond donors (Lipinski definition) is 4. The summed E-state index contributed by atoms with van der Waals surface area (Å²) >= 11 is 0. The predicted molar refractivity (Wildman–Crippen MR) is 263 cm³/mol. The van der Waals surface area contributed by atoms with E-state index in [9.17, 15) is 34.1 Å². The van der Waals surface area contributed by atoms with Crippen molar-refractivity contribution in [3.05, 3.63) is 85.1 Å². The lowest BCUT2D eigenvalue weighted by atomic mass is 10.1. The monoisotopic (exact) mass is 918 g/mol. The number of aliphatic hydroxyl groups is 1. The van der Waals surface area contributed by atoms with Gasteiger partial charge in [-0.2, -0.15) is 0 Å². The summed E-state index contributed by atoms with van der Waals surface area (Å²) in [5.74, 6) is -2.42. The van der Waals surface area contributed by atoms with Gasteiger partial charge in [0.2, 0.25) is 5.91 Å². The molecule has 0 fully saturated rings. The number of carbonyl (C=O) groups excluding carboxylic acids is 2. The Bertz CT molecular complexity index is 1400. The first kappa shape index (κ1) is 60.7. The molecule has 0 aliphatic rings. The first-order valence-electron chi connectivity index (χ1n) is 24.6. The SMILES string of the molecule is CCCCC/C=C\C/C=C\C/C=C\C/C=C\CCCCCCCC(=O)OCC(O)COP(=O)(O)OCC(NC(=O)CCCCCCCC/C=C\C/C=C\C/C=C\CCCCC)C(=O)O. The Morgan fingerprint density at radius 2 is 0.859 bits per heavy atom. The molecular formula is C52H88NO10P. The predicted octanol–water partition coefficient (Wildman–Crippen LogP) is 13.4. The van der Waals surface area contributed by atoms with Crippen molar-refractivity contribution in [2.24, 2.45) is 0 Å². The van der Waals surface area contributed by atoms with Crippen LogP contribution in [0.15, 0.2) is 85.1 Å². The summed E-state index contributed by atoms with van der Waals surface area (Å²) < 4.78 is 26.9. The second-order valence-electron chi connectivity index (χ2n) is 16.3. The van der Waals surface area contributed by atoms with Crippen LogP contribution < -0.4 is 5.32 Å². The van der Waals surface area contributed by atoms with E-state index < -0.39 is 57.6 Å². The Balaban J connectivity index is 3.93. The number of aliphatic carboxylic acids is 1. The fraction of sp³-hybridized carbons (Fsp3) is 0.673. The van der Waals surface area contributed by atoms with Gasteiger partial charge in [-0.3, -0.25) is 18.6 Å². The molecule has 12 heteroatoms. The number of ether oxygens (including phenoxy) is 1. The van der Waals surface area contributed by atoms with Gasteiger partial charge in [-0.25, -0.2) is 9.36 Å². The zero-order chi connectivity index (χ0) is 47.0. The first-order valence-corrected chi connectivity index (χ1v) is 26.1. The van der Waals surface area contributed by atoms with Gasteiger partial charge in [0.25, 0.3) is 0 Å². The molecule has 4 N–H and O–H groups in total. The van der Waals surface area contributed by atoms with E-state index in [0.29, 0.717) is 12.8 Å².